The molecule has 1 fully saturated rings. The largest absolute Gasteiger partial charge is 0.315 e. The molecule has 2 heteroatoms. The summed E-state index contributed by atoms with van der Waals surface area (Å²) in [5, 5.41) is 3.59. The van der Waals surface area contributed by atoms with Crippen LogP contribution in [0.5, 0.6) is 0 Å². The summed E-state index contributed by atoms with van der Waals surface area (Å²) in [6.07, 6.45) is 5.26. The van der Waals surface area contributed by atoms with Gasteiger partial charge >= 0.3 is 0 Å². The summed E-state index contributed by atoms with van der Waals surface area (Å²) >= 11 is 0. The molecule has 1 atom stereocenters. The van der Waals surface area contributed by atoms with Crippen LogP contribution in [0.2, 0.25) is 0 Å². The lowest BCUT2D eigenvalue weighted by molar-refractivity contribution is 0.182. The van der Waals surface area contributed by atoms with Crippen molar-refractivity contribution in [2.75, 3.05) is 26.7 Å². The van der Waals surface area contributed by atoms with Crippen molar-refractivity contribution in [3.05, 3.63) is 35.9 Å². The lowest BCUT2D eigenvalue weighted by atomic mass is 10.0. The highest BCUT2D eigenvalue weighted by atomic mass is 15.2. The third-order valence-corrected chi connectivity index (χ3v) is 3.73. The molecule has 0 bridgehead atoms. The van der Waals surface area contributed by atoms with Gasteiger partial charge < -0.3 is 10.2 Å². The van der Waals surface area contributed by atoms with Crippen LogP contribution in [0.1, 0.15) is 24.8 Å². The number of hydrogen-bond donors (Lipinski definition) is 1. The molecule has 0 spiro atoms. The standard InChI is InChI=1S/C15H24N2/c1-17-12-6-5-9-15(17)13-16-11-10-14-7-3-2-4-8-14/h2-4,7-8,15-16H,5-6,9-13H2,1H3. The zero-order valence-corrected chi connectivity index (χ0v) is 10.9. The zero-order chi connectivity index (χ0) is 11.9. The van der Waals surface area contributed by atoms with E-state index in [9.17, 15) is 0 Å². The highest BCUT2D eigenvalue weighted by molar-refractivity contribution is 5.14. The quantitative estimate of drug-likeness (QED) is 0.784. The van der Waals surface area contributed by atoms with Gasteiger partial charge in [-0.2, -0.15) is 0 Å². The average Bonchev–Trinajstić information content (AvgIpc) is 2.38. The van der Waals surface area contributed by atoms with E-state index < -0.39 is 0 Å². The molecule has 0 saturated carbocycles. The van der Waals surface area contributed by atoms with Gasteiger partial charge in [0.25, 0.3) is 0 Å². The first-order chi connectivity index (χ1) is 8.36. The molecule has 1 unspecified atom stereocenters. The molecular formula is C15H24N2. The van der Waals surface area contributed by atoms with Crippen molar-refractivity contribution in [1.29, 1.82) is 0 Å². The Labute approximate surface area is 105 Å². The third-order valence-electron chi connectivity index (χ3n) is 3.73. The Bertz CT molecular complexity index is 310. The number of likely N-dealkylation sites (tertiary alicyclic amines) is 1. The molecule has 1 heterocycles. The summed E-state index contributed by atoms with van der Waals surface area (Å²) in [4.78, 5) is 2.50. The van der Waals surface area contributed by atoms with Gasteiger partial charge in [0.1, 0.15) is 0 Å². The Kier molecular flexibility index (Phi) is 5.02. The van der Waals surface area contributed by atoms with Gasteiger partial charge in [-0.25, -0.2) is 0 Å². The topological polar surface area (TPSA) is 15.3 Å². The van der Waals surface area contributed by atoms with Crippen molar-refractivity contribution in [2.45, 2.75) is 31.7 Å². The minimum Gasteiger partial charge on any atom is -0.315 e. The number of likely N-dealkylation sites (N-methyl/N-ethyl adjacent to an activating group) is 1. The SMILES string of the molecule is CN1CCCCC1CNCCc1ccccc1. The van der Waals surface area contributed by atoms with Crippen LogP contribution in [0, 0.1) is 0 Å². The molecule has 0 amide bonds. The van der Waals surface area contributed by atoms with Gasteiger partial charge in [0.15, 0.2) is 0 Å². The first-order valence-electron chi connectivity index (χ1n) is 6.81. The van der Waals surface area contributed by atoms with Crippen LogP contribution in [0.4, 0.5) is 0 Å². The second kappa shape index (κ2) is 6.77. The van der Waals surface area contributed by atoms with Gasteiger partial charge in [-0.3, -0.25) is 0 Å². The van der Waals surface area contributed by atoms with E-state index in [1.807, 2.05) is 0 Å². The minimum atomic E-state index is 0.750. The fraction of sp³-hybridized carbons (Fsp3) is 0.600. The number of hydrogen-bond acceptors (Lipinski definition) is 2. The van der Waals surface area contributed by atoms with Gasteiger partial charge in [0.2, 0.25) is 0 Å². The summed E-state index contributed by atoms with van der Waals surface area (Å²) in [6, 6.07) is 11.5. The smallest absolute Gasteiger partial charge is 0.0217 e. The molecule has 1 aliphatic heterocycles. The first kappa shape index (κ1) is 12.6. The van der Waals surface area contributed by atoms with E-state index in [0.29, 0.717) is 0 Å². The second-order valence-corrected chi connectivity index (χ2v) is 5.07. The monoisotopic (exact) mass is 232 g/mol. The van der Waals surface area contributed by atoms with Crippen molar-refractivity contribution < 1.29 is 0 Å². The predicted octanol–water partition coefficient (Wildman–Crippen LogP) is 2.30. The van der Waals surface area contributed by atoms with E-state index in [-0.39, 0.29) is 0 Å². The molecule has 1 aromatic carbocycles. The van der Waals surface area contributed by atoms with Gasteiger partial charge in [0, 0.05) is 12.6 Å². The molecule has 1 aliphatic rings. The molecule has 0 aliphatic carbocycles. The average molecular weight is 232 g/mol. The van der Waals surface area contributed by atoms with Crippen molar-refractivity contribution in [2.24, 2.45) is 0 Å². The summed E-state index contributed by atoms with van der Waals surface area (Å²) in [5.74, 6) is 0. The molecule has 1 N–H and O–H groups in total. The lowest BCUT2D eigenvalue weighted by Gasteiger charge is -2.32. The Hall–Kier alpha value is -0.860. The number of benzene rings is 1. The van der Waals surface area contributed by atoms with Gasteiger partial charge in [-0.1, -0.05) is 36.8 Å². The Morgan fingerprint density at radius 3 is 2.82 bits per heavy atom. The van der Waals surface area contributed by atoms with E-state index in [1.165, 1.54) is 31.4 Å². The fourth-order valence-electron chi connectivity index (χ4n) is 2.55. The van der Waals surface area contributed by atoms with Crippen molar-refractivity contribution in [1.82, 2.24) is 10.2 Å². The maximum absolute atomic E-state index is 3.59. The van der Waals surface area contributed by atoms with Crippen LogP contribution in [0.15, 0.2) is 30.3 Å². The van der Waals surface area contributed by atoms with Gasteiger partial charge in [-0.15, -0.1) is 0 Å². The molecule has 0 aromatic heterocycles. The third kappa shape index (κ3) is 4.14. The minimum absolute atomic E-state index is 0.750. The summed E-state index contributed by atoms with van der Waals surface area (Å²) < 4.78 is 0. The van der Waals surface area contributed by atoms with Crippen LogP contribution >= 0.6 is 0 Å². The van der Waals surface area contributed by atoms with E-state index in [2.05, 4.69) is 47.6 Å². The first-order valence-corrected chi connectivity index (χ1v) is 6.81. The molecule has 2 rings (SSSR count). The van der Waals surface area contributed by atoms with Crippen LogP contribution in [-0.2, 0) is 6.42 Å². The van der Waals surface area contributed by atoms with Crippen molar-refractivity contribution in [3.8, 4) is 0 Å². The van der Waals surface area contributed by atoms with Crippen molar-refractivity contribution in [3.63, 3.8) is 0 Å². The molecule has 1 aromatic rings. The molecule has 2 nitrogen and oxygen atoms in total. The van der Waals surface area contributed by atoms with Crippen LogP contribution in [-0.4, -0.2) is 37.6 Å². The molecular weight excluding hydrogens is 208 g/mol. The van der Waals surface area contributed by atoms with E-state index >= 15 is 0 Å². The number of nitrogens with one attached hydrogen (secondary N) is 1. The van der Waals surface area contributed by atoms with E-state index in [4.69, 9.17) is 0 Å². The number of nitrogens with zero attached hydrogens (tertiary/aromatic N) is 1. The molecule has 1 saturated heterocycles. The van der Waals surface area contributed by atoms with Gasteiger partial charge in [-0.05, 0) is 45.0 Å². The highest BCUT2D eigenvalue weighted by Crippen LogP contribution is 2.13. The number of piperidine rings is 1. The van der Waals surface area contributed by atoms with E-state index in [1.54, 1.807) is 0 Å². The Morgan fingerprint density at radius 1 is 1.24 bits per heavy atom. The van der Waals surface area contributed by atoms with Crippen LogP contribution in [0.3, 0.4) is 0 Å². The fourth-order valence-corrected chi connectivity index (χ4v) is 2.55. The molecule has 0 radical (unpaired) electrons. The van der Waals surface area contributed by atoms with Crippen molar-refractivity contribution >= 4 is 0 Å². The Morgan fingerprint density at radius 2 is 2.06 bits per heavy atom. The highest BCUT2D eigenvalue weighted by Gasteiger charge is 2.17. The lowest BCUT2D eigenvalue weighted by Crippen LogP contribution is -2.43. The van der Waals surface area contributed by atoms with Crippen LogP contribution < -0.4 is 5.32 Å². The summed E-state index contributed by atoms with van der Waals surface area (Å²) in [7, 11) is 2.25. The predicted molar refractivity (Wildman–Crippen MR) is 73.3 cm³/mol. The normalized spacial score (nSPS) is 21.6. The summed E-state index contributed by atoms with van der Waals surface area (Å²) in [5.41, 5.74) is 1.43. The van der Waals surface area contributed by atoms with Gasteiger partial charge in [0.05, 0.1) is 0 Å². The second-order valence-electron chi connectivity index (χ2n) is 5.07. The maximum Gasteiger partial charge on any atom is 0.0217 e. The number of rotatable bonds is 5. The molecule has 17 heavy (non-hydrogen) atoms. The summed E-state index contributed by atoms with van der Waals surface area (Å²) in [6.45, 7) is 3.50. The van der Waals surface area contributed by atoms with E-state index in [0.717, 1.165) is 25.6 Å². The van der Waals surface area contributed by atoms with Crippen LogP contribution in [0.25, 0.3) is 0 Å². The maximum atomic E-state index is 3.59. The molecule has 94 valence electrons. The Balaban J connectivity index is 1.63. The zero-order valence-electron chi connectivity index (χ0n) is 10.9.